The van der Waals surface area contributed by atoms with E-state index in [9.17, 15) is 32.4 Å². The van der Waals surface area contributed by atoms with E-state index in [1.54, 1.807) is 24.3 Å². The third-order valence-corrected chi connectivity index (χ3v) is 6.31. The highest BCUT2D eigenvalue weighted by Gasteiger charge is 2.60. The van der Waals surface area contributed by atoms with Gasteiger partial charge in [0.15, 0.2) is 6.04 Å². The molecule has 0 aromatic heterocycles. The lowest BCUT2D eigenvalue weighted by Crippen LogP contribution is -2.55. The highest BCUT2D eigenvalue weighted by atomic mass is 19.4. The first-order chi connectivity index (χ1) is 17.1. The number of benzene rings is 2. The smallest absolute Gasteiger partial charge is 0.366 e. The lowest BCUT2D eigenvalue weighted by atomic mass is 9.95. The summed E-state index contributed by atoms with van der Waals surface area (Å²) in [5.41, 5.74) is 9.16. The summed E-state index contributed by atoms with van der Waals surface area (Å²) in [7, 11) is 0. The van der Waals surface area contributed by atoms with E-state index in [0.717, 1.165) is 0 Å². The molecule has 3 rings (SSSR count). The Bertz CT molecular complexity index is 1220. The van der Waals surface area contributed by atoms with Gasteiger partial charge in [-0.25, -0.2) is 4.39 Å². The van der Waals surface area contributed by atoms with Crippen molar-refractivity contribution in [2.24, 2.45) is 11.5 Å². The molecule has 6 nitrogen and oxygen atoms in total. The topological polar surface area (TPSA) is 113 Å². The van der Waals surface area contributed by atoms with Crippen LogP contribution in [0.1, 0.15) is 50.3 Å². The van der Waals surface area contributed by atoms with Gasteiger partial charge in [0, 0.05) is 12.0 Å². The number of rotatable bonds is 9. The van der Waals surface area contributed by atoms with Crippen molar-refractivity contribution in [1.29, 1.82) is 5.26 Å². The van der Waals surface area contributed by atoms with Crippen molar-refractivity contribution >= 4 is 17.4 Å². The first-order valence-electron chi connectivity index (χ1n) is 11.5. The maximum Gasteiger partial charge on any atom is 0.413 e. The predicted molar refractivity (Wildman–Crippen MR) is 131 cm³/mol. The number of nitriles is 1. The maximum absolute atomic E-state index is 14.5. The summed E-state index contributed by atoms with van der Waals surface area (Å²) in [6.45, 7) is 5.97. The minimum Gasteiger partial charge on any atom is -0.366 e. The van der Waals surface area contributed by atoms with Gasteiger partial charge in [-0.2, -0.15) is 18.4 Å². The summed E-state index contributed by atoms with van der Waals surface area (Å²) in [6.07, 6.45) is -5.29. The van der Waals surface area contributed by atoms with Gasteiger partial charge >= 0.3 is 6.18 Å². The highest BCUT2D eigenvalue weighted by molar-refractivity contribution is 6.17. The van der Waals surface area contributed by atoms with E-state index in [-0.39, 0.29) is 24.0 Å². The summed E-state index contributed by atoms with van der Waals surface area (Å²) >= 11 is 0. The molecule has 196 valence electrons. The zero-order chi connectivity index (χ0) is 27.8. The van der Waals surface area contributed by atoms with E-state index in [1.807, 2.05) is 6.07 Å². The minimum atomic E-state index is -4.93. The molecule has 10 heteroatoms. The lowest BCUT2D eigenvalue weighted by molar-refractivity contribution is -0.198. The lowest BCUT2D eigenvalue weighted by Gasteiger charge is -2.38. The Labute approximate surface area is 212 Å². The van der Waals surface area contributed by atoms with Crippen LogP contribution in [0.3, 0.4) is 0 Å². The van der Waals surface area contributed by atoms with Crippen molar-refractivity contribution in [1.82, 2.24) is 4.90 Å². The number of nitrogens with zero attached hydrogens (tertiary/aromatic N) is 2. The fourth-order valence-electron chi connectivity index (χ4n) is 4.25. The zero-order valence-corrected chi connectivity index (χ0v) is 20.5. The number of amides is 2. The van der Waals surface area contributed by atoms with E-state index in [1.165, 1.54) is 38.1 Å². The zero-order valence-electron chi connectivity index (χ0n) is 20.5. The van der Waals surface area contributed by atoms with Crippen LogP contribution in [0, 0.1) is 11.3 Å². The largest absolute Gasteiger partial charge is 0.413 e. The molecule has 0 heterocycles. The van der Waals surface area contributed by atoms with E-state index in [4.69, 9.17) is 11.5 Å². The van der Waals surface area contributed by atoms with Crippen LogP contribution in [0.4, 0.5) is 17.6 Å². The second-order valence-corrected chi connectivity index (χ2v) is 9.87. The average Bonchev–Trinajstić information content (AvgIpc) is 3.61. The third kappa shape index (κ3) is 6.17. The van der Waals surface area contributed by atoms with E-state index < -0.39 is 47.7 Å². The molecule has 37 heavy (non-hydrogen) atoms. The summed E-state index contributed by atoms with van der Waals surface area (Å²) < 4.78 is 57.5. The summed E-state index contributed by atoms with van der Waals surface area (Å²) in [5, 5.41) is 9.68. The van der Waals surface area contributed by atoms with Crippen LogP contribution in [0.15, 0.2) is 55.1 Å². The number of hydrogen-bond acceptors (Lipinski definition) is 4. The first-order valence-corrected chi connectivity index (χ1v) is 11.5. The highest BCUT2D eigenvalue weighted by Crippen LogP contribution is 2.50. The van der Waals surface area contributed by atoms with Gasteiger partial charge in [0.1, 0.15) is 11.2 Å². The Balaban J connectivity index is 1.98. The second kappa shape index (κ2) is 9.98. The Morgan fingerprint density at radius 3 is 1.92 bits per heavy atom. The molecule has 1 aliphatic carbocycles. The summed E-state index contributed by atoms with van der Waals surface area (Å²) in [4.78, 5) is 25.0. The Hall–Kier alpha value is -3.71. The molecule has 0 saturated heterocycles. The van der Waals surface area contributed by atoms with Gasteiger partial charge in [-0.1, -0.05) is 55.1 Å². The summed E-state index contributed by atoms with van der Waals surface area (Å²) in [6, 6.07) is 9.83. The average molecular weight is 517 g/mol. The van der Waals surface area contributed by atoms with Gasteiger partial charge in [-0.15, -0.1) is 0 Å². The number of carbonyl (C=O) groups is 2. The van der Waals surface area contributed by atoms with Crippen LogP contribution >= 0.6 is 0 Å². The monoisotopic (exact) mass is 516 g/mol. The predicted octanol–water partition coefficient (Wildman–Crippen LogP) is 4.81. The third-order valence-electron chi connectivity index (χ3n) is 6.31. The number of nitrogens with two attached hydrogens (primary N) is 2. The normalized spacial score (nSPS) is 16.3. The van der Waals surface area contributed by atoms with Crippen LogP contribution in [0.25, 0.3) is 16.7 Å². The molecule has 1 aliphatic rings. The van der Waals surface area contributed by atoms with Crippen LogP contribution < -0.4 is 11.5 Å². The molecule has 0 unspecified atom stereocenters. The van der Waals surface area contributed by atoms with Crippen LogP contribution in [0.5, 0.6) is 0 Å². The van der Waals surface area contributed by atoms with Crippen LogP contribution in [-0.4, -0.2) is 40.1 Å². The van der Waals surface area contributed by atoms with Gasteiger partial charge in [-0.3, -0.25) is 9.59 Å². The molecular formula is C27H28F4N4O2. The Morgan fingerprint density at radius 2 is 1.54 bits per heavy atom. The summed E-state index contributed by atoms with van der Waals surface area (Å²) in [5.74, 6) is -1.79. The molecular weight excluding hydrogens is 488 g/mol. The molecule has 1 saturated carbocycles. The Morgan fingerprint density at radius 1 is 1.05 bits per heavy atom. The molecule has 0 radical (unpaired) electrons. The number of primary amides is 1. The van der Waals surface area contributed by atoms with Crippen molar-refractivity contribution < 1.29 is 27.2 Å². The van der Waals surface area contributed by atoms with E-state index in [0.29, 0.717) is 21.6 Å². The number of alkyl halides is 4. The number of hydrogen-bond donors (Lipinski definition) is 2. The van der Waals surface area contributed by atoms with Crippen molar-refractivity contribution in [3.05, 3.63) is 66.2 Å². The van der Waals surface area contributed by atoms with E-state index >= 15 is 0 Å². The van der Waals surface area contributed by atoms with Crippen molar-refractivity contribution in [2.75, 3.05) is 0 Å². The second-order valence-electron chi connectivity index (χ2n) is 9.87. The maximum atomic E-state index is 14.5. The van der Waals surface area contributed by atoms with Crippen molar-refractivity contribution in [3.8, 4) is 17.2 Å². The van der Waals surface area contributed by atoms with E-state index in [2.05, 4.69) is 6.58 Å². The number of carbonyl (C=O) groups excluding carboxylic acids is 2. The van der Waals surface area contributed by atoms with Gasteiger partial charge in [-0.05, 0) is 48.9 Å². The Kier molecular flexibility index (Phi) is 7.52. The molecule has 2 aromatic carbocycles. The van der Waals surface area contributed by atoms with Gasteiger partial charge in [0.25, 0.3) is 0 Å². The van der Waals surface area contributed by atoms with Crippen molar-refractivity contribution in [2.45, 2.75) is 62.6 Å². The quantitative estimate of drug-likeness (QED) is 0.368. The molecule has 0 bridgehead atoms. The fourth-order valence-corrected chi connectivity index (χ4v) is 4.25. The van der Waals surface area contributed by atoms with Crippen LogP contribution in [-0.2, 0) is 9.59 Å². The molecule has 0 spiro atoms. The van der Waals surface area contributed by atoms with Crippen LogP contribution in [0.2, 0.25) is 0 Å². The SMILES string of the molecule is C=C(C(N)=O)c1ccc(-c2ccc([C@H](N(C(=O)[C@@H](N)CC(C)(C)F)C3(C#N)CC3)C(F)(F)F)cc2)cc1. The van der Waals surface area contributed by atoms with Gasteiger partial charge < -0.3 is 16.4 Å². The molecule has 2 atom stereocenters. The minimum absolute atomic E-state index is 0.0641. The molecule has 0 aliphatic heterocycles. The fraction of sp³-hybridized carbons (Fsp3) is 0.370. The van der Waals surface area contributed by atoms with Gasteiger partial charge in [0.2, 0.25) is 11.8 Å². The molecule has 2 amide bonds. The number of halogens is 4. The molecule has 4 N–H and O–H groups in total. The van der Waals surface area contributed by atoms with Crippen molar-refractivity contribution in [3.63, 3.8) is 0 Å². The molecule has 2 aromatic rings. The first kappa shape index (κ1) is 27.9. The molecule has 1 fully saturated rings. The van der Waals surface area contributed by atoms with Gasteiger partial charge in [0.05, 0.1) is 12.1 Å². The standard InChI is InChI=1S/C27H28F4N4O2/c1-16(23(34)36)17-4-6-18(7-5-17)19-8-10-20(11-9-19)22(27(29,30)31)35(26(15-32)12-13-26)24(37)21(33)14-25(2,3)28/h4-11,21-22H,1,12-14,33H2,2-3H3,(H2,34,36)/t21-,22-/m0/s1.